The summed E-state index contributed by atoms with van der Waals surface area (Å²) < 4.78 is 5.54. The first kappa shape index (κ1) is 12.3. The SMILES string of the molecule is CCCN[C@H](C)COc1ccc(Cl)nc1. The molecule has 1 aromatic heterocycles. The normalized spacial score (nSPS) is 12.5. The van der Waals surface area contributed by atoms with E-state index in [9.17, 15) is 0 Å². The molecule has 0 unspecified atom stereocenters. The molecule has 15 heavy (non-hydrogen) atoms. The summed E-state index contributed by atoms with van der Waals surface area (Å²) in [5.74, 6) is 0.754. The molecule has 0 bridgehead atoms. The van der Waals surface area contributed by atoms with Crippen LogP contribution in [-0.2, 0) is 0 Å². The maximum absolute atomic E-state index is 5.66. The van der Waals surface area contributed by atoms with Gasteiger partial charge >= 0.3 is 0 Å². The van der Waals surface area contributed by atoms with Crippen LogP contribution in [0.5, 0.6) is 5.75 Å². The van der Waals surface area contributed by atoms with Crippen LogP contribution in [-0.4, -0.2) is 24.2 Å². The van der Waals surface area contributed by atoms with Crippen molar-refractivity contribution < 1.29 is 4.74 Å². The number of pyridine rings is 1. The third kappa shape index (κ3) is 5.00. The Morgan fingerprint density at radius 2 is 2.33 bits per heavy atom. The molecule has 4 heteroatoms. The second-order valence-electron chi connectivity index (χ2n) is 3.48. The molecule has 3 nitrogen and oxygen atoms in total. The maximum Gasteiger partial charge on any atom is 0.137 e. The van der Waals surface area contributed by atoms with Crippen molar-refractivity contribution in [3.63, 3.8) is 0 Å². The topological polar surface area (TPSA) is 34.1 Å². The highest BCUT2D eigenvalue weighted by Crippen LogP contribution is 2.11. The minimum absolute atomic E-state index is 0.348. The molecule has 0 saturated heterocycles. The van der Waals surface area contributed by atoms with Crippen molar-refractivity contribution in [2.45, 2.75) is 26.3 Å². The molecule has 0 aliphatic rings. The first-order valence-electron chi connectivity index (χ1n) is 5.20. The molecule has 84 valence electrons. The number of hydrogen-bond acceptors (Lipinski definition) is 3. The van der Waals surface area contributed by atoms with Gasteiger partial charge in [-0.25, -0.2) is 4.98 Å². The Morgan fingerprint density at radius 3 is 2.93 bits per heavy atom. The summed E-state index contributed by atoms with van der Waals surface area (Å²) in [5, 5.41) is 3.83. The largest absolute Gasteiger partial charge is 0.490 e. The molecule has 1 atom stereocenters. The Morgan fingerprint density at radius 1 is 1.53 bits per heavy atom. The summed E-state index contributed by atoms with van der Waals surface area (Å²) >= 11 is 5.66. The number of ether oxygens (including phenoxy) is 1. The lowest BCUT2D eigenvalue weighted by Crippen LogP contribution is -2.32. The van der Waals surface area contributed by atoms with Gasteiger partial charge in [0.05, 0.1) is 6.20 Å². The average molecular weight is 229 g/mol. The van der Waals surface area contributed by atoms with Crippen molar-refractivity contribution in [1.82, 2.24) is 10.3 Å². The second-order valence-corrected chi connectivity index (χ2v) is 3.87. The van der Waals surface area contributed by atoms with E-state index in [1.54, 1.807) is 12.3 Å². The number of aromatic nitrogens is 1. The smallest absolute Gasteiger partial charge is 0.137 e. The molecule has 0 spiro atoms. The van der Waals surface area contributed by atoms with Crippen LogP contribution >= 0.6 is 11.6 Å². The van der Waals surface area contributed by atoms with Crippen molar-refractivity contribution in [2.24, 2.45) is 0 Å². The zero-order valence-electron chi connectivity index (χ0n) is 9.16. The molecule has 0 aromatic carbocycles. The first-order chi connectivity index (χ1) is 7.22. The third-order valence-corrected chi connectivity index (χ3v) is 2.17. The lowest BCUT2D eigenvalue weighted by atomic mass is 10.3. The zero-order chi connectivity index (χ0) is 11.1. The van der Waals surface area contributed by atoms with Crippen LogP contribution < -0.4 is 10.1 Å². The number of rotatable bonds is 6. The van der Waals surface area contributed by atoms with Crippen LogP contribution in [0.25, 0.3) is 0 Å². The lowest BCUT2D eigenvalue weighted by molar-refractivity contribution is 0.273. The molecule has 0 radical (unpaired) electrons. The van der Waals surface area contributed by atoms with Crippen molar-refractivity contribution in [3.05, 3.63) is 23.5 Å². The Hall–Kier alpha value is -0.800. The van der Waals surface area contributed by atoms with E-state index in [0.29, 0.717) is 17.8 Å². The predicted molar refractivity (Wildman–Crippen MR) is 62.5 cm³/mol. The number of nitrogens with one attached hydrogen (secondary N) is 1. The number of halogens is 1. The summed E-state index contributed by atoms with van der Waals surface area (Å²) in [7, 11) is 0. The maximum atomic E-state index is 5.66. The van der Waals surface area contributed by atoms with Gasteiger partial charge < -0.3 is 10.1 Å². The van der Waals surface area contributed by atoms with Gasteiger partial charge in [0.15, 0.2) is 0 Å². The van der Waals surface area contributed by atoms with Crippen LogP contribution in [0.3, 0.4) is 0 Å². The second kappa shape index (κ2) is 6.64. The van der Waals surface area contributed by atoms with Gasteiger partial charge in [-0.2, -0.15) is 0 Å². The van der Waals surface area contributed by atoms with Crippen LogP contribution in [0.15, 0.2) is 18.3 Å². The van der Waals surface area contributed by atoms with Gasteiger partial charge in [-0.1, -0.05) is 18.5 Å². The summed E-state index contributed by atoms with van der Waals surface area (Å²) in [5.41, 5.74) is 0. The van der Waals surface area contributed by atoms with Gasteiger partial charge in [0, 0.05) is 6.04 Å². The van der Waals surface area contributed by atoms with Crippen molar-refractivity contribution in [2.75, 3.05) is 13.2 Å². The molecule has 0 fully saturated rings. The first-order valence-corrected chi connectivity index (χ1v) is 5.58. The van der Waals surface area contributed by atoms with Crippen LogP contribution in [0.1, 0.15) is 20.3 Å². The van der Waals surface area contributed by atoms with Crippen molar-refractivity contribution in [1.29, 1.82) is 0 Å². The van der Waals surface area contributed by atoms with Gasteiger partial charge in [-0.05, 0) is 32.0 Å². The minimum atomic E-state index is 0.348. The van der Waals surface area contributed by atoms with Crippen LogP contribution in [0.2, 0.25) is 5.15 Å². The lowest BCUT2D eigenvalue weighted by Gasteiger charge is -2.13. The Bertz CT molecular complexity index is 276. The quantitative estimate of drug-likeness (QED) is 0.760. The number of hydrogen-bond donors (Lipinski definition) is 1. The van der Waals surface area contributed by atoms with E-state index in [0.717, 1.165) is 18.7 Å². The van der Waals surface area contributed by atoms with Gasteiger partial charge in [0.2, 0.25) is 0 Å². The van der Waals surface area contributed by atoms with Crippen LogP contribution in [0.4, 0.5) is 0 Å². The molecular formula is C11H17ClN2O. The fourth-order valence-corrected chi connectivity index (χ4v) is 1.23. The Balaban J connectivity index is 2.27. The van der Waals surface area contributed by atoms with E-state index in [4.69, 9.17) is 16.3 Å². The molecule has 1 aromatic rings. The minimum Gasteiger partial charge on any atom is -0.490 e. The summed E-state index contributed by atoms with van der Waals surface area (Å²) in [6, 6.07) is 3.89. The highest BCUT2D eigenvalue weighted by molar-refractivity contribution is 6.29. The average Bonchev–Trinajstić information content (AvgIpc) is 2.25. The highest BCUT2D eigenvalue weighted by Gasteiger charge is 2.01. The van der Waals surface area contributed by atoms with Gasteiger partial charge in [0.1, 0.15) is 17.5 Å². The molecule has 1 N–H and O–H groups in total. The van der Waals surface area contributed by atoms with Gasteiger partial charge in [-0.3, -0.25) is 0 Å². The van der Waals surface area contributed by atoms with E-state index in [1.807, 2.05) is 6.07 Å². The van der Waals surface area contributed by atoms with Crippen molar-refractivity contribution in [3.8, 4) is 5.75 Å². The Labute approximate surface area is 95.8 Å². The van der Waals surface area contributed by atoms with E-state index in [-0.39, 0.29) is 0 Å². The van der Waals surface area contributed by atoms with E-state index in [1.165, 1.54) is 0 Å². The standard InChI is InChI=1S/C11H17ClN2O/c1-3-6-13-9(2)8-15-10-4-5-11(12)14-7-10/h4-5,7,9,13H,3,6,8H2,1-2H3/t9-/m1/s1. The van der Waals surface area contributed by atoms with Gasteiger partial charge in [-0.15, -0.1) is 0 Å². The molecule has 0 saturated carbocycles. The molecule has 1 heterocycles. The molecule has 1 rings (SSSR count). The molecule has 0 aliphatic carbocycles. The predicted octanol–water partition coefficient (Wildman–Crippen LogP) is 2.50. The van der Waals surface area contributed by atoms with E-state index in [2.05, 4.69) is 24.1 Å². The fourth-order valence-electron chi connectivity index (χ4n) is 1.12. The Kier molecular flexibility index (Phi) is 5.43. The number of nitrogens with zero attached hydrogens (tertiary/aromatic N) is 1. The van der Waals surface area contributed by atoms with E-state index < -0.39 is 0 Å². The van der Waals surface area contributed by atoms with Crippen molar-refractivity contribution >= 4 is 11.6 Å². The fraction of sp³-hybridized carbons (Fsp3) is 0.545. The third-order valence-electron chi connectivity index (χ3n) is 1.94. The molecule has 0 amide bonds. The highest BCUT2D eigenvalue weighted by atomic mass is 35.5. The van der Waals surface area contributed by atoms with Gasteiger partial charge in [0.25, 0.3) is 0 Å². The molecule has 0 aliphatic heterocycles. The summed E-state index contributed by atoms with van der Waals surface area (Å²) in [6.07, 6.45) is 2.77. The van der Waals surface area contributed by atoms with Crippen LogP contribution in [0, 0.1) is 0 Å². The molecular weight excluding hydrogens is 212 g/mol. The summed E-state index contributed by atoms with van der Waals surface area (Å²) in [4.78, 5) is 3.94. The monoisotopic (exact) mass is 228 g/mol. The summed E-state index contributed by atoms with van der Waals surface area (Å²) in [6.45, 7) is 5.90. The zero-order valence-corrected chi connectivity index (χ0v) is 9.92. The van der Waals surface area contributed by atoms with E-state index >= 15 is 0 Å².